The van der Waals surface area contributed by atoms with Crippen LogP contribution in [0.15, 0.2) is 76.7 Å². The molecule has 0 saturated carbocycles. The van der Waals surface area contributed by atoms with Crippen LogP contribution in [0, 0.1) is 20.2 Å². The van der Waals surface area contributed by atoms with Crippen LogP contribution in [-0.2, 0) is 0 Å². The highest BCUT2D eigenvalue weighted by Crippen LogP contribution is 2.30. The Labute approximate surface area is 181 Å². The van der Waals surface area contributed by atoms with Gasteiger partial charge in [-0.2, -0.15) is 0 Å². The van der Waals surface area contributed by atoms with Crippen molar-refractivity contribution in [2.24, 2.45) is 15.7 Å². The van der Waals surface area contributed by atoms with Gasteiger partial charge in [-0.25, -0.2) is 4.79 Å². The Hall–Kier alpha value is -4.93. The second kappa shape index (κ2) is 9.71. The van der Waals surface area contributed by atoms with Gasteiger partial charge in [0.15, 0.2) is 0 Å². The molecule has 0 atom stereocenters. The van der Waals surface area contributed by atoms with Gasteiger partial charge in [0.1, 0.15) is 0 Å². The summed E-state index contributed by atoms with van der Waals surface area (Å²) in [5.74, 6) is 0. The van der Waals surface area contributed by atoms with Gasteiger partial charge in [-0.1, -0.05) is 0 Å². The van der Waals surface area contributed by atoms with Gasteiger partial charge >= 0.3 is 6.03 Å². The largest absolute Gasteiger partial charge is 0.351 e. The van der Waals surface area contributed by atoms with Crippen molar-refractivity contribution in [3.8, 4) is 0 Å². The summed E-state index contributed by atoms with van der Waals surface area (Å²) in [6, 6.07) is 15.7. The number of nitro groups is 2. The number of aliphatic imine (C=N–C) groups is 2. The Kier molecular flexibility index (Phi) is 6.61. The summed E-state index contributed by atoms with van der Waals surface area (Å²) in [6.45, 7) is 0. The third-order valence-corrected chi connectivity index (χ3v) is 4.16. The zero-order valence-corrected chi connectivity index (χ0v) is 16.4. The van der Waals surface area contributed by atoms with E-state index in [0.717, 1.165) is 0 Å². The van der Waals surface area contributed by atoms with Crippen LogP contribution in [0.25, 0.3) is 0 Å². The lowest BCUT2D eigenvalue weighted by Gasteiger charge is -2.07. The summed E-state index contributed by atoms with van der Waals surface area (Å²) in [5, 5.41) is 24.0. The summed E-state index contributed by atoms with van der Waals surface area (Å²) >= 11 is 0. The van der Waals surface area contributed by atoms with Gasteiger partial charge in [0.2, 0.25) is 0 Å². The number of hydrogen-bond acceptors (Lipinski definition) is 7. The molecule has 11 heteroatoms. The lowest BCUT2D eigenvalue weighted by molar-refractivity contribution is -0.385. The Morgan fingerprint density at radius 1 is 0.812 bits per heavy atom. The molecule has 3 N–H and O–H groups in total. The fraction of sp³-hybridized carbons (Fsp3) is 0. The molecular weight excluding hydrogens is 416 g/mol. The molecule has 160 valence electrons. The highest BCUT2D eigenvalue weighted by atomic mass is 16.6. The molecule has 3 aromatic rings. The van der Waals surface area contributed by atoms with E-state index in [-0.39, 0.29) is 11.4 Å². The predicted molar refractivity (Wildman–Crippen MR) is 120 cm³/mol. The molecule has 0 fully saturated rings. The van der Waals surface area contributed by atoms with E-state index in [4.69, 9.17) is 5.73 Å². The number of anilines is 1. The molecule has 0 spiro atoms. The summed E-state index contributed by atoms with van der Waals surface area (Å²) in [7, 11) is 0. The maximum atomic E-state index is 11.3. The fourth-order valence-corrected chi connectivity index (χ4v) is 2.60. The highest BCUT2D eigenvalue weighted by molar-refractivity contribution is 5.94. The van der Waals surface area contributed by atoms with E-state index in [2.05, 4.69) is 15.3 Å². The Morgan fingerprint density at radius 3 is 1.78 bits per heavy atom. The van der Waals surface area contributed by atoms with Gasteiger partial charge in [0.25, 0.3) is 11.4 Å². The van der Waals surface area contributed by atoms with E-state index in [1.54, 1.807) is 42.5 Å². The summed E-state index contributed by atoms with van der Waals surface area (Å²) < 4.78 is 0. The molecule has 0 unspecified atom stereocenters. The number of benzene rings is 3. The van der Waals surface area contributed by atoms with Crippen molar-refractivity contribution < 1.29 is 14.6 Å². The standard InChI is InChI=1S/C21H16N6O5/c22-21(28)25-19-10-5-16(23-12-14-1-6-17(7-2-14)26(29)30)11-20(19)24-13-15-3-8-18(9-4-15)27(31)32/h1-13H,(H3,22,25,28). The average Bonchev–Trinajstić information content (AvgIpc) is 2.77. The number of nitro benzene ring substituents is 2. The van der Waals surface area contributed by atoms with Gasteiger partial charge in [-0.15, -0.1) is 0 Å². The minimum absolute atomic E-state index is 0.0214. The molecule has 2 amide bonds. The summed E-state index contributed by atoms with van der Waals surface area (Å²) in [5.41, 5.74) is 7.64. The number of nitrogens with zero attached hydrogens (tertiary/aromatic N) is 4. The van der Waals surface area contributed by atoms with Crippen LogP contribution in [0.3, 0.4) is 0 Å². The van der Waals surface area contributed by atoms with Crippen LogP contribution < -0.4 is 11.1 Å². The van der Waals surface area contributed by atoms with Crippen molar-refractivity contribution in [1.29, 1.82) is 0 Å². The summed E-state index contributed by atoms with van der Waals surface area (Å²) in [6.07, 6.45) is 3.01. The normalized spacial score (nSPS) is 11.0. The first kappa shape index (κ1) is 21.8. The van der Waals surface area contributed by atoms with Crippen molar-refractivity contribution in [2.45, 2.75) is 0 Å². The number of hydrogen-bond donors (Lipinski definition) is 2. The Bertz CT molecular complexity index is 1220. The molecule has 32 heavy (non-hydrogen) atoms. The van der Waals surface area contributed by atoms with Crippen LogP contribution >= 0.6 is 0 Å². The number of nitrogens with one attached hydrogen (secondary N) is 1. The molecule has 11 nitrogen and oxygen atoms in total. The average molecular weight is 432 g/mol. The first-order valence-electron chi connectivity index (χ1n) is 9.09. The minimum atomic E-state index is -0.765. The first-order valence-corrected chi connectivity index (χ1v) is 9.09. The second-order valence-corrected chi connectivity index (χ2v) is 6.40. The van der Waals surface area contributed by atoms with Crippen molar-refractivity contribution in [2.75, 3.05) is 5.32 Å². The van der Waals surface area contributed by atoms with Gasteiger partial charge in [0.05, 0.1) is 26.9 Å². The monoisotopic (exact) mass is 432 g/mol. The fourth-order valence-electron chi connectivity index (χ4n) is 2.60. The third-order valence-electron chi connectivity index (χ3n) is 4.16. The number of primary amides is 1. The number of non-ortho nitro benzene ring substituents is 2. The molecule has 0 aromatic heterocycles. The third kappa shape index (κ3) is 5.79. The van der Waals surface area contributed by atoms with E-state index in [1.807, 2.05) is 0 Å². The zero-order valence-electron chi connectivity index (χ0n) is 16.4. The molecule has 0 saturated heterocycles. The maximum Gasteiger partial charge on any atom is 0.316 e. The topological polar surface area (TPSA) is 166 Å². The Morgan fingerprint density at radius 2 is 1.31 bits per heavy atom. The smallest absolute Gasteiger partial charge is 0.316 e. The zero-order chi connectivity index (χ0) is 23.1. The van der Waals surface area contributed by atoms with Crippen molar-refractivity contribution >= 4 is 46.9 Å². The molecule has 3 aromatic carbocycles. The molecule has 3 rings (SSSR count). The van der Waals surface area contributed by atoms with Crippen LogP contribution in [0.2, 0.25) is 0 Å². The van der Waals surface area contributed by atoms with Gasteiger partial charge < -0.3 is 11.1 Å². The van der Waals surface area contributed by atoms with E-state index in [1.165, 1.54) is 36.7 Å². The van der Waals surface area contributed by atoms with E-state index in [9.17, 15) is 25.0 Å². The number of carbonyl (C=O) groups is 1. The second-order valence-electron chi connectivity index (χ2n) is 6.40. The van der Waals surface area contributed by atoms with E-state index >= 15 is 0 Å². The van der Waals surface area contributed by atoms with Gasteiger partial charge in [-0.3, -0.25) is 30.2 Å². The van der Waals surface area contributed by atoms with Gasteiger partial charge in [-0.05, 0) is 53.6 Å². The molecule has 0 aliphatic rings. The molecule has 0 aliphatic heterocycles. The molecular formula is C21H16N6O5. The lowest BCUT2D eigenvalue weighted by atomic mass is 10.2. The quantitative estimate of drug-likeness (QED) is 0.318. The number of amides is 2. The van der Waals surface area contributed by atoms with Crippen molar-refractivity contribution in [3.63, 3.8) is 0 Å². The number of rotatable bonds is 7. The molecule has 0 aliphatic carbocycles. The molecule has 0 heterocycles. The minimum Gasteiger partial charge on any atom is -0.351 e. The predicted octanol–water partition coefficient (Wildman–Crippen LogP) is 4.49. The van der Waals surface area contributed by atoms with Crippen molar-refractivity contribution in [3.05, 3.63) is 98.1 Å². The van der Waals surface area contributed by atoms with E-state index in [0.29, 0.717) is 28.2 Å². The Balaban J connectivity index is 1.86. The maximum absolute atomic E-state index is 11.3. The lowest BCUT2D eigenvalue weighted by Crippen LogP contribution is -2.19. The number of urea groups is 1. The number of carbonyl (C=O) groups excluding carboxylic acids is 1. The highest BCUT2D eigenvalue weighted by Gasteiger charge is 2.07. The van der Waals surface area contributed by atoms with Gasteiger partial charge in [0, 0.05) is 36.7 Å². The first-order chi connectivity index (χ1) is 15.3. The summed E-state index contributed by atoms with van der Waals surface area (Å²) in [4.78, 5) is 40.5. The number of nitrogens with two attached hydrogens (primary N) is 1. The van der Waals surface area contributed by atoms with Crippen LogP contribution in [0.1, 0.15) is 11.1 Å². The molecule has 0 bridgehead atoms. The van der Waals surface area contributed by atoms with Crippen LogP contribution in [0.5, 0.6) is 0 Å². The van der Waals surface area contributed by atoms with Crippen molar-refractivity contribution in [1.82, 2.24) is 0 Å². The SMILES string of the molecule is NC(=O)Nc1ccc(N=Cc2ccc([N+](=O)[O-])cc2)cc1N=Cc1ccc([N+](=O)[O-])cc1. The van der Waals surface area contributed by atoms with Crippen LogP contribution in [-0.4, -0.2) is 28.3 Å². The van der Waals surface area contributed by atoms with E-state index < -0.39 is 15.9 Å². The molecule has 0 radical (unpaired) electrons. The van der Waals surface area contributed by atoms with Crippen LogP contribution in [0.4, 0.5) is 33.2 Å².